The number of methoxy groups -OCH3 is 1. The van der Waals surface area contributed by atoms with Crippen LogP contribution in [0.5, 0.6) is 0 Å². The number of rotatable bonds is 8. The van der Waals surface area contributed by atoms with E-state index in [1.165, 1.54) is 49.9 Å². The van der Waals surface area contributed by atoms with Gasteiger partial charge in [-0.05, 0) is 44.0 Å². The maximum absolute atomic E-state index is 5.10. The Morgan fingerprint density at radius 3 is 2.48 bits per heavy atom. The zero-order chi connectivity index (χ0) is 17.7. The van der Waals surface area contributed by atoms with Crippen LogP contribution in [-0.4, -0.2) is 50.8 Å². The van der Waals surface area contributed by atoms with Gasteiger partial charge in [0.25, 0.3) is 0 Å². The van der Waals surface area contributed by atoms with Crippen LogP contribution in [0.1, 0.15) is 43.7 Å². The molecule has 1 aromatic rings. The van der Waals surface area contributed by atoms with Gasteiger partial charge in [0.2, 0.25) is 0 Å². The molecule has 1 heterocycles. The molecular weight excluding hydrogens is 312 g/mol. The molecule has 0 atom stereocenters. The van der Waals surface area contributed by atoms with Gasteiger partial charge >= 0.3 is 0 Å². The predicted octanol–water partition coefficient (Wildman–Crippen LogP) is 2.76. The number of likely N-dealkylation sites (tertiary alicyclic amines) is 1. The van der Waals surface area contributed by atoms with Crippen molar-refractivity contribution in [3.05, 3.63) is 35.4 Å². The smallest absolute Gasteiger partial charge is 0.191 e. The maximum Gasteiger partial charge on any atom is 0.191 e. The standard InChI is InChI=1S/C20H34N4O/c1-3-21-20(22-12-15-25-2)23-16-18-10-6-7-11-19(18)17-24-13-8-4-5-9-14-24/h6-7,10-11H,3-5,8-9,12-17H2,1-2H3,(H2,21,22,23). The second-order valence-corrected chi connectivity index (χ2v) is 6.57. The van der Waals surface area contributed by atoms with Crippen molar-refractivity contribution >= 4 is 5.96 Å². The quantitative estimate of drug-likeness (QED) is 0.432. The van der Waals surface area contributed by atoms with Crippen LogP contribution in [0.25, 0.3) is 0 Å². The van der Waals surface area contributed by atoms with E-state index in [0.717, 1.165) is 25.6 Å². The van der Waals surface area contributed by atoms with Gasteiger partial charge in [-0.1, -0.05) is 37.1 Å². The Morgan fingerprint density at radius 1 is 1.08 bits per heavy atom. The van der Waals surface area contributed by atoms with Crippen LogP contribution < -0.4 is 10.6 Å². The summed E-state index contributed by atoms with van der Waals surface area (Å²) >= 11 is 0. The average Bonchev–Trinajstić information content (AvgIpc) is 2.89. The molecule has 0 amide bonds. The van der Waals surface area contributed by atoms with Crippen molar-refractivity contribution in [3.8, 4) is 0 Å². The van der Waals surface area contributed by atoms with Crippen LogP contribution >= 0.6 is 0 Å². The summed E-state index contributed by atoms with van der Waals surface area (Å²) in [5, 5.41) is 6.60. The molecule has 5 heteroatoms. The highest BCUT2D eigenvalue weighted by Crippen LogP contribution is 2.16. The van der Waals surface area contributed by atoms with E-state index in [9.17, 15) is 0 Å². The summed E-state index contributed by atoms with van der Waals surface area (Å²) in [6.07, 6.45) is 5.41. The Bertz CT molecular complexity index is 510. The van der Waals surface area contributed by atoms with Crippen molar-refractivity contribution in [2.45, 2.75) is 45.7 Å². The maximum atomic E-state index is 5.10. The summed E-state index contributed by atoms with van der Waals surface area (Å²) < 4.78 is 5.10. The molecule has 0 aromatic heterocycles. The Balaban J connectivity index is 1.98. The molecule has 0 radical (unpaired) electrons. The molecule has 1 aliphatic rings. The first-order valence-corrected chi connectivity index (χ1v) is 9.63. The molecule has 1 aliphatic heterocycles. The van der Waals surface area contributed by atoms with Crippen LogP contribution in [0, 0.1) is 0 Å². The van der Waals surface area contributed by atoms with Gasteiger partial charge in [-0.25, -0.2) is 4.99 Å². The number of hydrogen-bond donors (Lipinski definition) is 2. The predicted molar refractivity (Wildman–Crippen MR) is 105 cm³/mol. The molecule has 1 fully saturated rings. The third-order valence-corrected chi connectivity index (χ3v) is 4.56. The minimum atomic E-state index is 0.677. The number of ether oxygens (including phenoxy) is 1. The number of aliphatic imine (C=N–C) groups is 1. The fourth-order valence-corrected chi connectivity index (χ4v) is 3.18. The van der Waals surface area contributed by atoms with Crippen LogP contribution in [0.3, 0.4) is 0 Å². The van der Waals surface area contributed by atoms with Crippen LogP contribution in [0.4, 0.5) is 0 Å². The molecule has 140 valence electrons. The summed E-state index contributed by atoms with van der Waals surface area (Å²) in [6.45, 7) is 8.56. The summed E-state index contributed by atoms with van der Waals surface area (Å²) in [7, 11) is 1.71. The van der Waals surface area contributed by atoms with E-state index in [1.54, 1.807) is 7.11 Å². The molecule has 2 N–H and O–H groups in total. The Labute approximate surface area is 152 Å². The van der Waals surface area contributed by atoms with Gasteiger partial charge in [0, 0.05) is 26.7 Å². The van der Waals surface area contributed by atoms with Gasteiger partial charge in [-0.2, -0.15) is 0 Å². The molecule has 25 heavy (non-hydrogen) atoms. The normalized spacial score (nSPS) is 16.5. The van der Waals surface area contributed by atoms with E-state index in [1.807, 2.05) is 0 Å². The molecule has 0 saturated carbocycles. The molecule has 0 aliphatic carbocycles. The Kier molecular flexibility index (Phi) is 9.37. The summed E-state index contributed by atoms with van der Waals surface area (Å²) in [4.78, 5) is 7.34. The summed E-state index contributed by atoms with van der Waals surface area (Å²) in [6, 6.07) is 8.71. The average molecular weight is 347 g/mol. The first-order valence-electron chi connectivity index (χ1n) is 9.63. The highest BCUT2D eigenvalue weighted by molar-refractivity contribution is 5.79. The van der Waals surface area contributed by atoms with Crippen LogP contribution in [0.2, 0.25) is 0 Å². The van der Waals surface area contributed by atoms with E-state index >= 15 is 0 Å². The summed E-state index contributed by atoms with van der Waals surface area (Å²) in [5.74, 6) is 0.851. The topological polar surface area (TPSA) is 48.9 Å². The Hall–Kier alpha value is -1.59. The molecular formula is C20H34N4O. The Morgan fingerprint density at radius 2 is 1.80 bits per heavy atom. The van der Waals surface area contributed by atoms with Crippen molar-refractivity contribution in [2.75, 3.05) is 39.9 Å². The van der Waals surface area contributed by atoms with Gasteiger partial charge in [0.1, 0.15) is 0 Å². The van der Waals surface area contributed by atoms with Crippen molar-refractivity contribution in [3.63, 3.8) is 0 Å². The van der Waals surface area contributed by atoms with Crippen molar-refractivity contribution in [1.29, 1.82) is 0 Å². The highest BCUT2D eigenvalue weighted by Gasteiger charge is 2.11. The third-order valence-electron chi connectivity index (χ3n) is 4.56. The van der Waals surface area contributed by atoms with E-state index in [4.69, 9.17) is 9.73 Å². The largest absolute Gasteiger partial charge is 0.383 e. The first kappa shape index (κ1) is 19.7. The van der Waals surface area contributed by atoms with Gasteiger partial charge in [0.15, 0.2) is 5.96 Å². The molecule has 1 aromatic carbocycles. The van der Waals surface area contributed by atoms with E-state index in [2.05, 4.69) is 46.7 Å². The molecule has 2 rings (SSSR count). The fourth-order valence-electron chi connectivity index (χ4n) is 3.18. The highest BCUT2D eigenvalue weighted by atomic mass is 16.5. The second kappa shape index (κ2) is 11.9. The molecule has 5 nitrogen and oxygen atoms in total. The monoisotopic (exact) mass is 346 g/mol. The number of hydrogen-bond acceptors (Lipinski definition) is 3. The third kappa shape index (κ3) is 7.45. The van der Waals surface area contributed by atoms with Crippen molar-refractivity contribution in [2.24, 2.45) is 4.99 Å². The molecule has 0 unspecified atom stereocenters. The van der Waals surface area contributed by atoms with E-state index < -0.39 is 0 Å². The minimum absolute atomic E-state index is 0.677. The zero-order valence-corrected chi connectivity index (χ0v) is 15.9. The SMILES string of the molecule is CCNC(=NCc1ccccc1CN1CCCCCC1)NCCOC. The van der Waals surface area contributed by atoms with Gasteiger partial charge in [0.05, 0.1) is 13.2 Å². The molecule has 0 bridgehead atoms. The lowest BCUT2D eigenvalue weighted by atomic mass is 10.1. The van der Waals surface area contributed by atoms with E-state index in [0.29, 0.717) is 13.2 Å². The lowest BCUT2D eigenvalue weighted by molar-refractivity contribution is 0.203. The van der Waals surface area contributed by atoms with Crippen LogP contribution in [0.15, 0.2) is 29.3 Å². The van der Waals surface area contributed by atoms with Crippen molar-refractivity contribution in [1.82, 2.24) is 15.5 Å². The minimum Gasteiger partial charge on any atom is -0.383 e. The number of guanidine groups is 1. The lowest BCUT2D eigenvalue weighted by Crippen LogP contribution is -2.38. The fraction of sp³-hybridized carbons (Fsp3) is 0.650. The van der Waals surface area contributed by atoms with Crippen LogP contribution in [-0.2, 0) is 17.8 Å². The lowest BCUT2D eigenvalue weighted by Gasteiger charge is -2.21. The van der Waals surface area contributed by atoms with Gasteiger partial charge in [-0.3, -0.25) is 4.90 Å². The molecule has 0 spiro atoms. The number of nitrogens with one attached hydrogen (secondary N) is 2. The van der Waals surface area contributed by atoms with Gasteiger partial charge in [-0.15, -0.1) is 0 Å². The zero-order valence-electron chi connectivity index (χ0n) is 15.9. The van der Waals surface area contributed by atoms with E-state index in [-0.39, 0.29) is 0 Å². The number of nitrogens with zero attached hydrogens (tertiary/aromatic N) is 2. The van der Waals surface area contributed by atoms with Gasteiger partial charge < -0.3 is 15.4 Å². The number of benzene rings is 1. The summed E-state index contributed by atoms with van der Waals surface area (Å²) in [5.41, 5.74) is 2.72. The second-order valence-electron chi connectivity index (χ2n) is 6.57. The molecule has 1 saturated heterocycles. The van der Waals surface area contributed by atoms with Crippen molar-refractivity contribution < 1.29 is 4.74 Å². The first-order chi connectivity index (χ1) is 12.3.